The minimum Gasteiger partial charge on any atom is -0.471 e. The van der Waals surface area contributed by atoms with Crippen LogP contribution >= 0.6 is 0 Å². The molecule has 1 amide bonds. The van der Waals surface area contributed by atoms with Crippen LogP contribution in [-0.4, -0.2) is 15.7 Å². The van der Waals surface area contributed by atoms with Gasteiger partial charge in [0.1, 0.15) is 12.2 Å². The summed E-state index contributed by atoms with van der Waals surface area (Å²) < 4.78 is 45.8. The molecule has 3 aromatic carbocycles. The highest BCUT2D eigenvalue weighted by Gasteiger charge is 2.30. The third-order valence-corrected chi connectivity index (χ3v) is 4.85. The number of halogens is 3. The number of rotatable bonds is 7. The SMILES string of the molecule is O=C(Nc1ccc(C(F)(F)F)cc1)c1cn(Cc2ccccc2)nc1OCc1ccccc1. The van der Waals surface area contributed by atoms with Crippen LogP contribution in [0.1, 0.15) is 27.0 Å². The first kappa shape index (κ1) is 22.1. The van der Waals surface area contributed by atoms with E-state index in [0.717, 1.165) is 23.3 Å². The maximum absolute atomic E-state index is 12.9. The highest BCUT2D eigenvalue weighted by molar-refractivity contribution is 6.05. The third-order valence-electron chi connectivity index (χ3n) is 4.85. The fourth-order valence-electron chi connectivity index (χ4n) is 3.18. The number of carbonyl (C=O) groups excluding carboxylic acids is 1. The summed E-state index contributed by atoms with van der Waals surface area (Å²) in [5.74, 6) is -0.392. The Morgan fingerprint density at radius 1 is 0.879 bits per heavy atom. The highest BCUT2D eigenvalue weighted by Crippen LogP contribution is 2.30. The largest absolute Gasteiger partial charge is 0.471 e. The Kier molecular flexibility index (Phi) is 6.44. The van der Waals surface area contributed by atoms with Gasteiger partial charge in [0.25, 0.3) is 5.91 Å². The van der Waals surface area contributed by atoms with Gasteiger partial charge in [-0.1, -0.05) is 60.7 Å². The highest BCUT2D eigenvalue weighted by atomic mass is 19.4. The molecule has 0 atom stereocenters. The van der Waals surface area contributed by atoms with Gasteiger partial charge in [0.05, 0.1) is 12.1 Å². The van der Waals surface area contributed by atoms with E-state index in [1.165, 1.54) is 12.1 Å². The van der Waals surface area contributed by atoms with Crippen molar-refractivity contribution in [2.24, 2.45) is 0 Å². The summed E-state index contributed by atoms with van der Waals surface area (Å²) in [4.78, 5) is 12.9. The van der Waals surface area contributed by atoms with Gasteiger partial charge < -0.3 is 10.1 Å². The maximum atomic E-state index is 12.9. The number of aromatic nitrogens is 2. The van der Waals surface area contributed by atoms with Crippen molar-refractivity contribution in [2.75, 3.05) is 5.32 Å². The molecule has 0 aliphatic carbocycles. The third kappa shape index (κ3) is 5.79. The first-order valence-electron chi connectivity index (χ1n) is 10.2. The molecule has 1 heterocycles. The van der Waals surface area contributed by atoms with Crippen LogP contribution in [0.2, 0.25) is 0 Å². The lowest BCUT2D eigenvalue weighted by atomic mass is 10.2. The summed E-state index contributed by atoms with van der Waals surface area (Å²) in [6.07, 6.45) is -2.88. The fourth-order valence-corrected chi connectivity index (χ4v) is 3.18. The van der Waals surface area contributed by atoms with Crippen LogP contribution in [0, 0.1) is 0 Å². The standard InChI is InChI=1S/C25H20F3N3O2/c26-25(27,28)20-11-13-21(14-12-20)29-23(32)22-16-31(15-18-7-3-1-4-8-18)30-24(22)33-17-19-9-5-2-6-10-19/h1-14,16H,15,17H2,(H,29,32). The van der Waals surface area contributed by atoms with Crippen molar-refractivity contribution in [3.63, 3.8) is 0 Å². The van der Waals surface area contributed by atoms with Gasteiger partial charge in [-0.05, 0) is 35.4 Å². The zero-order chi connectivity index (χ0) is 23.3. The van der Waals surface area contributed by atoms with Crippen LogP contribution in [-0.2, 0) is 19.3 Å². The first-order valence-corrected chi connectivity index (χ1v) is 10.2. The van der Waals surface area contributed by atoms with Gasteiger partial charge in [-0.3, -0.25) is 9.48 Å². The van der Waals surface area contributed by atoms with Gasteiger partial charge in [0.15, 0.2) is 0 Å². The van der Waals surface area contributed by atoms with E-state index in [1.807, 2.05) is 60.7 Å². The Morgan fingerprint density at radius 2 is 1.48 bits per heavy atom. The molecule has 0 saturated heterocycles. The summed E-state index contributed by atoms with van der Waals surface area (Å²) in [6.45, 7) is 0.639. The molecule has 0 saturated carbocycles. The summed E-state index contributed by atoms with van der Waals surface area (Å²) in [6, 6.07) is 23.3. The van der Waals surface area contributed by atoms with Crippen molar-refractivity contribution >= 4 is 11.6 Å². The molecule has 0 aliphatic rings. The van der Waals surface area contributed by atoms with Crippen LogP contribution in [0.5, 0.6) is 5.88 Å². The zero-order valence-electron chi connectivity index (χ0n) is 17.4. The Morgan fingerprint density at radius 3 is 2.09 bits per heavy atom. The van der Waals surface area contributed by atoms with Crippen molar-refractivity contribution in [2.45, 2.75) is 19.3 Å². The van der Waals surface area contributed by atoms with Crippen LogP contribution in [0.25, 0.3) is 0 Å². The maximum Gasteiger partial charge on any atom is 0.416 e. The smallest absolute Gasteiger partial charge is 0.416 e. The molecular weight excluding hydrogens is 431 g/mol. The second-order valence-corrected chi connectivity index (χ2v) is 7.33. The lowest BCUT2D eigenvalue weighted by Crippen LogP contribution is -2.13. The second kappa shape index (κ2) is 9.60. The lowest BCUT2D eigenvalue weighted by molar-refractivity contribution is -0.137. The lowest BCUT2D eigenvalue weighted by Gasteiger charge is -2.09. The Balaban J connectivity index is 1.55. The average Bonchev–Trinajstić information content (AvgIpc) is 3.21. The van der Waals surface area contributed by atoms with Gasteiger partial charge in [-0.2, -0.15) is 13.2 Å². The number of nitrogens with one attached hydrogen (secondary N) is 1. The molecule has 0 bridgehead atoms. The molecule has 0 aliphatic heterocycles. The average molecular weight is 451 g/mol. The van der Waals surface area contributed by atoms with Crippen molar-refractivity contribution in [3.8, 4) is 5.88 Å². The summed E-state index contributed by atoms with van der Waals surface area (Å²) in [5, 5.41) is 7.03. The molecule has 4 aromatic rings. The fraction of sp³-hybridized carbons (Fsp3) is 0.120. The molecule has 33 heavy (non-hydrogen) atoms. The number of anilines is 1. The van der Waals surface area contributed by atoms with Crippen molar-refractivity contribution < 1.29 is 22.7 Å². The molecule has 1 N–H and O–H groups in total. The van der Waals surface area contributed by atoms with Gasteiger partial charge in [-0.15, -0.1) is 5.10 Å². The molecule has 168 valence electrons. The predicted molar refractivity (Wildman–Crippen MR) is 118 cm³/mol. The van der Waals surface area contributed by atoms with Gasteiger partial charge >= 0.3 is 6.18 Å². The number of benzene rings is 3. The number of carbonyl (C=O) groups is 1. The number of ether oxygens (including phenoxy) is 1. The van der Waals surface area contributed by atoms with Crippen LogP contribution < -0.4 is 10.1 Å². The number of amides is 1. The van der Waals surface area contributed by atoms with E-state index in [1.54, 1.807) is 10.9 Å². The van der Waals surface area contributed by atoms with Crippen LogP contribution in [0.4, 0.5) is 18.9 Å². The van der Waals surface area contributed by atoms with Crippen molar-refractivity contribution in [1.29, 1.82) is 0 Å². The quantitative estimate of drug-likeness (QED) is 0.388. The Labute approximate surface area is 188 Å². The van der Waals surface area contributed by atoms with E-state index in [4.69, 9.17) is 4.74 Å². The van der Waals surface area contributed by atoms with Crippen molar-refractivity contribution in [1.82, 2.24) is 9.78 Å². The minimum atomic E-state index is -4.44. The van der Waals surface area contributed by atoms with E-state index in [0.29, 0.717) is 6.54 Å². The molecule has 4 rings (SSSR count). The molecule has 1 aromatic heterocycles. The Hall–Kier alpha value is -4.07. The van der Waals surface area contributed by atoms with E-state index < -0.39 is 17.6 Å². The number of hydrogen-bond acceptors (Lipinski definition) is 3. The van der Waals surface area contributed by atoms with E-state index >= 15 is 0 Å². The number of hydrogen-bond donors (Lipinski definition) is 1. The second-order valence-electron chi connectivity index (χ2n) is 7.33. The van der Waals surface area contributed by atoms with Gasteiger partial charge in [-0.25, -0.2) is 0 Å². The summed E-state index contributed by atoms with van der Waals surface area (Å²) >= 11 is 0. The molecule has 0 unspecified atom stereocenters. The summed E-state index contributed by atoms with van der Waals surface area (Å²) in [7, 11) is 0. The van der Waals surface area contributed by atoms with E-state index in [-0.39, 0.29) is 23.7 Å². The van der Waals surface area contributed by atoms with Crippen molar-refractivity contribution in [3.05, 3.63) is 113 Å². The molecule has 0 spiro atoms. The molecule has 0 fully saturated rings. The van der Waals surface area contributed by atoms with E-state index in [2.05, 4.69) is 10.4 Å². The monoisotopic (exact) mass is 451 g/mol. The topological polar surface area (TPSA) is 56.2 Å². The van der Waals surface area contributed by atoms with Crippen LogP contribution in [0.15, 0.2) is 91.1 Å². The van der Waals surface area contributed by atoms with Gasteiger partial charge in [0.2, 0.25) is 5.88 Å². The molecule has 0 radical (unpaired) electrons. The predicted octanol–water partition coefficient (Wildman–Crippen LogP) is 5.78. The minimum absolute atomic E-state index is 0.138. The van der Waals surface area contributed by atoms with E-state index in [9.17, 15) is 18.0 Å². The number of nitrogens with zero attached hydrogens (tertiary/aromatic N) is 2. The Bertz CT molecular complexity index is 1210. The zero-order valence-corrected chi connectivity index (χ0v) is 17.4. The normalized spacial score (nSPS) is 11.2. The van der Waals surface area contributed by atoms with Crippen LogP contribution in [0.3, 0.4) is 0 Å². The van der Waals surface area contributed by atoms with Gasteiger partial charge in [0, 0.05) is 11.9 Å². The molecular formula is C25H20F3N3O2. The molecule has 8 heteroatoms. The summed E-state index contributed by atoms with van der Waals surface area (Å²) in [5.41, 5.74) is 1.52. The number of alkyl halides is 3. The first-order chi connectivity index (χ1) is 15.9. The molecule has 5 nitrogen and oxygen atoms in total.